The number of unbranched alkanes of at least 4 members (excludes halogenated alkanes) is 6. The highest BCUT2D eigenvalue weighted by molar-refractivity contribution is 5.57. The third-order valence-corrected chi connectivity index (χ3v) is 5.33. The third-order valence-electron chi connectivity index (χ3n) is 5.33. The topological polar surface area (TPSA) is 38.9 Å². The van der Waals surface area contributed by atoms with Crippen molar-refractivity contribution >= 4 is 0 Å². The van der Waals surface area contributed by atoms with Crippen LogP contribution in [0.4, 0.5) is 13.2 Å². The molecular weight excluding hydrogens is 377 g/mol. The maximum Gasteiger partial charge on any atom is 0.416 e. The van der Waals surface area contributed by atoms with E-state index in [0.717, 1.165) is 57.4 Å². The summed E-state index contributed by atoms with van der Waals surface area (Å²) in [6.45, 7) is 6.25. The van der Waals surface area contributed by atoms with Crippen molar-refractivity contribution < 1.29 is 17.7 Å². The van der Waals surface area contributed by atoms with Crippen LogP contribution in [0.5, 0.6) is 0 Å². The van der Waals surface area contributed by atoms with Gasteiger partial charge in [0.1, 0.15) is 0 Å². The molecule has 3 nitrogen and oxygen atoms in total. The summed E-state index contributed by atoms with van der Waals surface area (Å²) in [5, 5.41) is 3.92. The zero-order valence-corrected chi connectivity index (χ0v) is 17.8. The first-order valence-corrected chi connectivity index (χ1v) is 10.9. The summed E-state index contributed by atoms with van der Waals surface area (Å²) in [6.07, 6.45) is 5.39. The van der Waals surface area contributed by atoms with Crippen LogP contribution in [0.2, 0.25) is 0 Å². The molecule has 1 aromatic heterocycles. The quantitative estimate of drug-likeness (QED) is 0.333. The molecule has 2 rings (SSSR count). The van der Waals surface area contributed by atoms with Gasteiger partial charge in [-0.3, -0.25) is 0 Å². The van der Waals surface area contributed by atoms with Gasteiger partial charge in [0.15, 0.2) is 0 Å². The van der Waals surface area contributed by atoms with Crippen LogP contribution >= 0.6 is 0 Å². The maximum absolute atomic E-state index is 13.6. The summed E-state index contributed by atoms with van der Waals surface area (Å²) in [6, 6.07) is 4.41. The van der Waals surface area contributed by atoms with E-state index >= 15 is 0 Å². The number of halogens is 3. The van der Waals surface area contributed by atoms with Crippen LogP contribution in [0.25, 0.3) is 11.4 Å². The molecule has 1 aromatic carbocycles. The summed E-state index contributed by atoms with van der Waals surface area (Å²) in [5.74, 6) is 0.809. The van der Waals surface area contributed by atoms with Crippen LogP contribution in [-0.2, 0) is 12.6 Å². The molecule has 0 aliphatic carbocycles. The molecular formula is C23H33F3N2O. The molecule has 0 saturated carbocycles. The number of rotatable bonds is 12. The van der Waals surface area contributed by atoms with E-state index in [9.17, 15) is 13.2 Å². The second-order valence-electron chi connectivity index (χ2n) is 7.89. The Hall–Kier alpha value is -1.85. The Bertz CT molecular complexity index is 740. The van der Waals surface area contributed by atoms with Crippen molar-refractivity contribution in [3.05, 3.63) is 35.2 Å². The van der Waals surface area contributed by atoms with Crippen LogP contribution in [-0.4, -0.2) is 10.1 Å². The fraction of sp³-hybridized carbons (Fsp3) is 0.652. The molecule has 0 aliphatic heterocycles. The number of hydrogen-bond donors (Lipinski definition) is 0. The van der Waals surface area contributed by atoms with Gasteiger partial charge >= 0.3 is 6.18 Å². The summed E-state index contributed by atoms with van der Waals surface area (Å²) >= 11 is 0. The summed E-state index contributed by atoms with van der Waals surface area (Å²) in [5.41, 5.74) is 0.104. The van der Waals surface area contributed by atoms with Gasteiger partial charge in [-0.1, -0.05) is 83.0 Å². The van der Waals surface area contributed by atoms with Crippen molar-refractivity contribution in [1.82, 2.24) is 10.1 Å². The number of aryl methyl sites for hydroxylation is 1. The predicted molar refractivity (Wildman–Crippen MR) is 110 cm³/mol. The minimum absolute atomic E-state index is 0.102. The Morgan fingerprint density at radius 2 is 1.66 bits per heavy atom. The molecule has 1 heterocycles. The number of benzene rings is 1. The minimum atomic E-state index is -4.39. The van der Waals surface area contributed by atoms with Crippen LogP contribution in [0.1, 0.15) is 101 Å². The van der Waals surface area contributed by atoms with Gasteiger partial charge in [-0.05, 0) is 30.9 Å². The van der Waals surface area contributed by atoms with Crippen molar-refractivity contribution in [3.8, 4) is 11.4 Å². The number of aromatic nitrogens is 2. The molecule has 0 N–H and O–H groups in total. The Morgan fingerprint density at radius 3 is 2.34 bits per heavy atom. The number of hydrogen-bond acceptors (Lipinski definition) is 3. The Morgan fingerprint density at radius 1 is 0.966 bits per heavy atom. The highest BCUT2D eigenvalue weighted by Gasteiger charge is 2.33. The van der Waals surface area contributed by atoms with Gasteiger partial charge in [0, 0.05) is 11.5 Å². The average molecular weight is 411 g/mol. The van der Waals surface area contributed by atoms with E-state index < -0.39 is 11.7 Å². The van der Waals surface area contributed by atoms with E-state index in [0.29, 0.717) is 23.4 Å². The largest absolute Gasteiger partial charge is 0.416 e. The second-order valence-corrected chi connectivity index (χ2v) is 7.89. The smallest absolute Gasteiger partial charge is 0.339 e. The molecule has 1 atom stereocenters. The lowest BCUT2D eigenvalue weighted by Crippen LogP contribution is -2.09. The molecule has 0 spiro atoms. The molecule has 29 heavy (non-hydrogen) atoms. The molecule has 0 saturated heterocycles. The molecule has 6 heteroatoms. The summed E-state index contributed by atoms with van der Waals surface area (Å²) in [4.78, 5) is 4.34. The van der Waals surface area contributed by atoms with Crippen molar-refractivity contribution in [2.24, 2.45) is 0 Å². The van der Waals surface area contributed by atoms with Crippen molar-refractivity contribution in [3.63, 3.8) is 0 Å². The Kier molecular flexibility index (Phi) is 9.18. The van der Waals surface area contributed by atoms with Crippen LogP contribution in [0, 0.1) is 0 Å². The second kappa shape index (κ2) is 11.4. The highest BCUT2D eigenvalue weighted by atomic mass is 19.4. The van der Waals surface area contributed by atoms with Crippen LogP contribution in [0.15, 0.2) is 22.7 Å². The fourth-order valence-electron chi connectivity index (χ4n) is 3.48. The van der Waals surface area contributed by atoms with Crippen molar-refractivity contribution in [2.45, 2.75) is 97.1 Å². The molecule has 0 unspecified atom stereocenters. The molecule has 0 amide bonds. The number of alkyl halides is 3. The van der Waals surface area contributed by atoms with Gasteiger partial charge in [0.05, 0.1) is 5.56 Å². The van der Waals surface area contributed by atoms with Crippen LogP contribution in [0.3, 0.4) is 0 Å². The van der Waals surface area contributed by atoms with Crippen LogP contribution < -0.4 is 0 Å². The van der Waals surface area contributed by atoms with E-state index in [1.54, 1.807) is 12.1 Å². The minimum Gasteiger partial charge on any atom is -0.339 e. The Balaban J connectivity index is 2.11. The third kappa shape index (κ3) is 7.16. The fourth-order valence-corrected chi connectivity index (χ4v) is 3.48. The normalized spacial score (nSPS) is 13.0. The Labute approximate surface area is 172 Å². The van der Waals surface area contributed by atoms with E-state index in [4.69, 9.17) is 4.52 Å². The van der Waals surface area contributed by atoms with E-state index in [2.05, 4.69) is 24.0 Å². The predicted octanol–water partition coefficient (Wildman–Crippen LogP) is 7.95. The summed E-state index contributed by atoms with van der Waals surface area (Å²) < 4.78 is 46.2. The first-order chi connectivity index (χ1) is 13.9. The van der Waals surface area contributed by atoms with Gasteiger partial charge in [-0.2, -0.15) is 18.2 Å². The van der Waals surface area contributed by atoms with Gasteiger partial charge in [-0.25, -0.2) is 0 Å². The van der Waals surface area contributed by atoms with Gasteiger partial charge in [-0.15, -0.1) is 0 Å². The summed E-state index contributed by atoms with van der Waals surface area (Å²) in [7, 11) is 0. The number of nitrogens with zero attached hydrogens (tertiary/aromatic N) is 2. The monoisotopic (exact) mass is 410 g/mol. The van der Waals surface area contributed by atoms with Gasteiger partial charge in [0.2, 0.25) is 11.7 Å². The standard InChI is InChI=1S/C23H33F3N2O/c1-4-6-8-9-10-11-13-18-14-15-19(16-20(18)23(24,25)26)21-27-22(29-28-21)17(3)12-7-5-2/h14-17H,4-13H2,1-3H3/t17-/m0/s1. The van der Waals surface area contributed by atoms with Gasteiger partial charge in [0.25, 0.3) is 0 Å². The molecule has 2 aromatic rings. The lowest BCUT2D eigenvalue weighted by molar-refractivity contribution is -0.138. The maximum atomic E-state index is 13.6. The van der Waals surface area contributed by atoms with E-state index in [-0.39, 0.29) is 11.7 Å². The van der Waals surface area contributed by atoms with E-state index in [1.807, 2.05) is 6.92 Å². The lowest BCUT2D eigenvalue weighted by Gasteiger charge is -2.14. The first kappa shape index (κ1) is 23.4. The molecule has 0 radical (unpaired) electrons. The lowest BCUT2D eigenvalue weighted by atomic mass is 9.97. The zero-order chi connectivity index (χ0) is 21.3. The van der Waals surface area contributed by atoms with Gasteiger partial charge < -0.3 is 4.52 Å². The average Bonchev–Trinajstić information content (AvgIpc) is 3.18. The first-order valence-electron chi connectivity index (χ1n) is 10.9. The molecule has 0 bridgehead atoms. The zero-order valence-electron chi connectivity index (χ0n) is 17.8. The SMILES string of the molecule is CCCCCCCCc1ccc(-c2noc([C@@H](C)CCCC)n2)cc1C(F)(F)F. The molecule has 0 aliphatic rings. The van der Waals surface area contributed by atoms with Crippen molar-refractivity contribution in [1.29, 1.82) is 0 Å². The van der Waals surface area contributed by atoms with Crippen molar-refractivity contribution in [2.75, 3.05) is 0 Å². The molecule has 162 valence electrons. The highest BCUT2D eigenvalue weighted by Crippen LogP contribution is 2.35. The van der Waals surface area contributed by atoms with E-state index in [1.165, 1.54) is 6.42 Å². The molecule has 0 fully saturated rings.